The van der Waals surface area contributed by atoms with E-state index in [2.05, 4.69) is 12.2 Å². The second-order valence-electron chi connectivity index (χ2n) is 11.4. The number of amides is 1. The van der Waals surface area contributed by atoms with Crippen LogP contribution in [-0.4, -0.2) is 34.8 Å². The Kier molecular flexibility index (Phi) is 8.11. The van der Waals surface area contributed by atoms with Crippen molar-refractivity contribution in [2.75, 3.05) is 6.54 Å². The molecule has 1 aliphatic heterocycles. The van der Waals surface area contributed by atoms with Crippen molar-refractivity contribution in [3.8, 4) is 0 Å². The maximum atomic E-state index is 14.2. The molecule has 3 aliphatic carbocycles. The smallest absolute Gasteiger partial charge is 0.248 e. The zero-order valence-corrected chi connectivity index (χ0v) is 20.1. The van der Waals surface area contributed by atoms with Gasteiger partial charge in [-0.3, -0.25) is 20.4 Å². The molecular weight excluding hydrogens is 382 g/mol. The van der Waals surface area contributed by atoms with Gasteiger partial charge in [0.15, 0.2) is 0 Å². The Morgan fingerprint density at radius 1 is 0.903 bits per heavy atom. The fourth-order valence-electron chi connectivity index (χ4n) is 7.29. The molecule has 0 spiro atoms. The van der Waals surface area contributed by atoms with Crippen LogP contribution in [0.4, 0.5) is 0 Å². The molecule has 0 bridgehead atoms. The van der Waals surface area contributed by atoms with Crippen LogP contribution < -0.4 is 5.32 Å². The minimum atomic E-state index is -0.424. The summed E-state index contributed by atoms with van der Waals surface area (Å²) >= 11 is 0. The topological polar surface area (TPSA) is 56.2 Å². The van der Waals surface area contributed by atoms with Crippen LogP contribution in [-0.2, 0) is 4.79 Å². The Balaban J connectivity index is 1.52. The number of nitrogens with zero attached hydrogens (tertiary/aromatic N) is 1. The summed E-state index contributed by atoms with van der Waals surface area (Å²) in [6.07, 6.45) is 23.0. The van der Waals surface area contributed by atoms with Gasteiger partial charge in [-0.1, -0.05) is 83.5 Å². The van der Waals surface area contributed by atoms with Crippen LogP contribution >= 0.6 is 0 Å². The fraction of sp³-hybridized carbons (Fsp3) is 0.926. The number of rotatable bonds is 7. The van der Waals surface area contributed by atoms with Crippen molar-refractivity contribution in [1.82, 2.24) is 10.2 Å². The normalized spacial score (nSPS) is 31.2. The average Bonchev–Trinajstić information content (AvgIpc) is 2.82. The molecule has 0 radical (unpaired) electrons. The lowest BCUT2D eigenvalue weighted by Gasteiger charge is -2.48. The van der Waals surface area contributed by atoms with E-state index < -0.39 is 5.54 Å². The van der Waals surface area contributed by atoms with Crippen molar-refractivity contribution in [3.63, 3.8) is 0 Å². The first-order valence-electron chi connectivity index (χ1n) is 13.8. The largest absolute Gasteiger partial charge is 0.296 e. The van der Waals surface area contributed by atoms with Crippen LogP contribution in [0.2, 0.25) is 0 Å². The van der Waals surface area contributed by atoms with E-state index in [4.69, 9.17) is 5.41 Å². The summed E-state index contributed by atoms with van der Waals surface area (Å²) in [6, 6.07) is 0.183. The van der Waals surface area contributed by atoms with E-state index in [1.807, 2.05) is 4.90 Å². The molecule has 4 fully saturated rings. The lowest BCUT2D eigenvalue weighted by atomic mass is 9.73. The highest BCUT2D eigenvalue weighted by molar-refractivity contribution is 6.05. The van der Waals surface area contributed by atoms with E-state index >= 15 is 0 Å². The summed E-state index contributed by atoms with van der Waals surface area (Å²) in [4.78, 5) is 16.2. The van der Waals surface area contributed by atoms with E-state index in [1.54, 1.807) is 0 Å². The molecule has 4 rings (SSSR count). The second kappa shape index (κ2) is 10.8. The molecule has 0 aromatic rings. The van der Waals surface area contributed by atoms with Crippen molar-refractivity contribution in [2.45, 2.75) is 134 Å². The van der Waals surface area contributed by atoms with Gasteiger partial charge >= 0.3 is 0 Å². The number of hydrogen-bond acceptors (Lipinski definition) is 3. The molecule has 176 valence electrons. The van der Waals surface area contributed by atoms with Crippen molar-refractivity contribution in [2.24, 2.45) is 17.8 Å². The minimum absolute atomic E-state index is 0.183. The molecule has 1 amide bonds. The first kappa shape index (κ1) is 23.3. The lowest BCUT2D eigenvalue weighted by Crippen LogP contribution is -2.69. The molecule has 0 aromatic carbocycles. The highest BCUT2D eigenvalue weighted by Gasteiger charge is 2.49. The first-order valence-corrected chi connectivity index (χ1v) is 13.8. The summed E-state index contributed by atoms with van der Waals surface area (Å²) in [6.45, 7) is 2.81. The van der Waals surface area contributed by atoms with Crippen LogP contribution in [0.25, 0.3) is 0 Å². The zero-order valence-electron chi connectivity index (χ0n) is 20.1. The predicted molar refractivity (Wildman–Crippen MR) is 128 cm³/mol. The Bertz CT molecular complexity index is 602. The Hall–Kier alpha value is -0.900. The Morgan fingerprint density at radius 2 is 1.45 bits per heavy atom. The third-order valence-electron chi connectivity index (χ3n) is 9.32. The summed E-state index contributed by atoms with van der Waals surface area (Å²) < 4.78 is 0. The molecule has 0 unspecified atom stereocenters. The average molecular weight is 430 g/mol. The number of hydrogen-bond donors (Lipinski definition) is 2. The van der Waals surface area contributed by atoms with Crippen LogP contribution in [0.3, 0.4) is 0 Å². The molecule has 31 heavy (non-hydrogen) atoms. The molecule has 0 aromatic heterocycles. The van der Waals surface area contributed by atoms with E-state index in [-0.39, 0.29) is 11.9 Å². The van der Waals surface area contributed by atoms with Gasteiger partial charge in [0.05, 0.1) is 12.1 Å². The molecule has 2 atom stereocenters. The number of amidine groups is 1. The molecule has 1 saturated heterocycles. The molecule has 3 saturated carbocycles. The summed E-state index contributed by atoms with van der Waals surface area (Å²) in [5, 5.41) is 12.4. The molecule has 1 heterocycles. The SMILES string of the molecule is C[C@@H](C1CCCCC1)N1C(=N)CN[C@](CCC2CCCCC2)(CC2CCCCC2)C1=O. The number of carbonyl (C=O) groups is 1. The van der Waals surface area contributed by atoms with Gasteiger partial charge in [-0.15, -0.1) is 0 Å². The van der Waals surface area contributed by atoms with E-state index in [0.29, 0.717) is 24.2 Å². The van der Waals surface area contributed by atoms with Gasteiger partial charge in [0.2, 0.25) is 5.91 Å². The Morgan fingerprint density at radius 3 is 2.06 bits per heavy atom. The van der Waals surface area contributed by atoms with Crippen LogP contribution in [0.1, 0.15) is 122 Å². The maximum Gasteiger partial charge on any atom is 0.248 e. The van der Waals surface area contributed by atoms with Gasteiger partial charge in [-0.05, 0) is 56.8 Å². The Labute approximate surface area is 190 Å². The third kappa shape index (κ3) is 5.54. The van der Waals surface area contributed by atoms with Crippen molar-refractivity contribution < 1.29 is 4.79 Å². The van der Waals surface area contributed by atoms with Crippen molar-refractivity contribution >= 4 is 11.7 Å². The van der Waals surface area contributed by atoms with Gasteiger partial charge in [-0.25, -0.2) is 0 Å². The summed E-state index contributed by atoms with van der Waals surface area (Å²) in [7, 11) is 0. The highest BCUT2D eigenvalue weighted by Crippen LogP contribution is 2.39. The number of nitrogens with one attached hydrogen (secondary N) is 2. The van der Waals surface area contributed by atoms with E-state index in [1.165, 1.54) is 103 Å². The number of carbonyl (C=O) groups excluding carboxylic acids is 1. The van der Waals surface area contributed by atoms with Gasteiger partial charge in [0.25, 0.3) is 0 Å². The van der Waals surface area contributed by atoms with Gasteiger partial charge in [-0.2, -0.15) is 0 Å². The van der Waals surface area contributed by atoms with Gasteiger partial charge in [0.1, 0.15) is 5.84 Å². The van der Waals surface area contributed by atoms with E-state index in [9.17, 15) is 4.79 Å². The summed E-state index contributed by atoms with van der Waals surface area (Å²) in [5.74, 6) is 2.82. The van der Waals surface area contributed by atoms with Crippen molar-refractivity contribution in [3.05, 3.63) is 0 Å². The monoisotopic (exact) mass is 429 g/mol. The lowest BCUT2D eigenvalue weighted by molar-refractivity contribution is -0.140. The standard InChI is InChI=1S/C27H47N3O/c1-21(24-15-9-4-10-16-24)30-25(28)20-29-27(26(30)31,19-23-13-7-3-8-14-23)18-17-22-11-5-2-6-12-22/h21-24,28-29H,2-20H2,1H3/t21-,27+/m0/s1. The first-order chi connectivity index (χ1) is 15.1. The maximum absolute atomic E-state index is 14.2. The van der Waals surface area contributed by atoms with Crippen LogP contribution in [0, 0.1) is 23.2 Å². The van der Waals surface area contributed by atoms with E-state index in [0.717, 1.165) is 18.8 Å². The molecule has 4 aliphatic rings. The van der Waals surface area contributed by atoms with Crippen LogP contribution in [0.5, 0.6) is 0 Å². The molecular formula is C27H47N3O. The number of piperazine rings is 1. The molecule has 4 nitrogen and oxygen atoms in total. The van der Waals surface area contributed by atoms with Crippen molar-refractivity contribution in [1.29, 1.82) is 5.41 Å². The third-order valence-corrected chi connectivity index (χ3v) is 9.32. The zero-order chi connectivity index (χ0) is 21.7. The minimum Gasteiger partial charge on any atom is -0.296 e. The quantitative estimate of drug-likeness (QED) is 0.489. The van der Waals surface area contributed by atoms with Crippen LogP contribution in [0.15, 0.2) is 0 Å². The highest BCUT2D eigenvalue weighted by atomic mass is 16.2. The van der Waals surface area contributed by atoms with Gasteiger partial charge in [0, 0.05) is 6.04 Å². The predicted octanol–water partition coefficient (Wildman–Crippen LogP) is 6.43. The van der Waals surface area contributed by atoms with Gasteiger partial charge < -0.3 is 0 Å². The summed E-state index contributed by atoms with van der Waals surface area (Å²) in [5.41, 5.74) is -0.424. The second-order valence-corrected chi connectivity index (χ2v) is 11.4. The molecule has 2 N–H and O–H groups in total. The fourth-order valence-corrected chi connectivity index (χ4v) is 7.29. The molecule has 4 heteroatoms.